The van der Waals surface area contributed by atoms with Crippen molar-refractivity contribution >= 4 is 28.9 Å². The number of hydrogen-bond acceptors (Lipinski definition) is 3. The summed E-state index contributed by atoms with van der Waals surface area (Å²) in [4.78, 5) is 23.4. The molecular formula is C14H19ClN3O3+. The van der Waals surface area contributed by atoms with Crippen molar-refractivity contribution in [3.8, 4) is 0 Å². The van der Waals surface area contributed by atoms with E-state index in [9.17, 15) is 14.9 Å². The lowest BCUT2D eigenvalue weighted by molar-refractivity contribution is -0.900. The number of piperidine rings is 1. The first-order chi connectivity index (χ1) is 9.95. The third kappa shape index (κ3) is 4.41. The smallest absolute Gasteiger partial charge is 0.279 e. The van der Waals surface area contributed by atoms with Crippen LogP contribution in [0.2, 0.25) is 5.02 Å². The fraction of sp³-hybridized carbons (Fsp3) is 0.500. The Morgan fingerprint density at radius 3 is 2.95 bits per heavy atom. The number of benzene rings is 1. The van der Waals surface area contributed by atoms with Gasteiger partial charge in [0.05, 0.1) is 28.7 Å². The van der Waals surface area contributed by atoms with Gasteiger partial charge in [0.2, 0.25) is 0 Å². The highest BCUT2D eigenvalue weighted by atomic mass is 35.5. The molecule has 1 heterocycles. The number of non-ortho nitro benzene ring substituents is 1. The highest BCUT2D eigenvalue weighted by Gasteiger charge is 2.22. The summed E-state index contributed by atoms with van der Waals surface area (Å²) in [6.45, 7) is 4.61. The molecule has 21 heavy (non-hydrogen) atoms. The number of amides is 1. The van der Waals surface area contributed by atoms with Gasteiger partial charge in [-0.2, -0.15) is 0 Å². The first-order valence-corrected chi connectivity index (χ1v) is 7.41. The number of anilines is 1. The van der Waals surface area contributed by atoms with E-state index in [0.29, 0.717) is 18.2 Å². The predicted octanol–water partition coefficient (Wildman–Crippen LogP) is 1.50. The van der Waals surface area contributed by atoms with E-state index in [-0.39, 0.29) is 16.6 Å². The van der Waals surface area contributed by atoms with Gasteiger partial charge in [0.1, 0.15) is 0 Å². The number of nitro groups is 1. The summed E-state index contributed by atoms with van der Waals surface area (Å²) < 4.78 is 0. The Morgan fingerprint density at radius 1 is 1.57 bits per heavy atom. The van der Waals surface area contributed by atoms with Crippen LogP contribution in [0.5, 0.6) is 0 Å². The number of carbonyl (C=O) groups is 1. The van der Waals surface area contributed by atoms with Gasteiger partial charge in [-0.05, 0) is 18.9 Å². The molecule has 1 fully saturated rings. The van der Waals surface area contributed by atoms with E-state index in [2.05, 4.69) is 12.2 Å². The number of carbonyl (C=O) groups excluding carboxylic acids is 1. The van der Waals surface area contributed by atoms with Crippen LogP contribution in [0.3, 0.4) is 0 Å². The molecule has 0 radical (unpaired) electrons. The minimum absolute atomic E-state index is 0.0894. The van der Waals surface area contributed by atoms with Crippen molar-refractivity contribution in [2.45, 2.75) is 19.8 Å². The van der Waals surface area contributed by atoms with Gasteiger partial charge in [0.25, 0.3) is 11.6 Å². The number of nitro benzene ring substituents is 1. The van der Waals surface area contributed by atoms with E-state index < -0.39 is 4.92 Å². The number of nitrogens with one attached hydrogen (secondary N) is 2. The number of hydrogen-bond donors (Lipinski definition) is 2. The maximum Gasteiger partial charge on any atom is 0.279 e. The Labute approximate surface area is 128 Å². The first kappa shape index (κ1) is 15.7. The lowest BCUT2D eigenvalue weighted by atomic mass is 10.0. The number of likely N-dealkylation sites (tertiary alicyclic amines) is 1. The van der Waals surface area contributed by atoms with Crippen LogP contribution >= 0.6 is 11.6 Å². The van der Waals surface area contributed by atoms with E-state index in [1.165, 1.54) is 29.5 Å². The molecule has 1 aromatic carbocycles. The summed E-state index contributed by atoms with van der Waals surface area (Å²) in [5.74, 6) is 0.527. The Kier molecular flexibility index (Phi) is 5.14. The molecule has 1 unspecified atom stereocenters. The third-order valence-electron chi connectivity index (χ3n) is 3.71. The zero-order valence-electron chi connectivity index (χ0n) is 11.9. The molecule has 0 spiro atoms. The maximum atomic E-state index is 12.0. The molecule has 114 valence electrons. The van der Waals surface area contributed by atoms with Crippen LogP contribution < -0.4 is 10.2 Å². The van der Waals surface area contributed by atoms with Crippen LogP contribution in [0.25, 0.3) is 0 Å². The highest BCUT2D eigenvalue weighted by Crippen LogP contribution is 2.26. The van der Waals surface area contributed by atoms with E-state index in [0.717, 1.165) is 19.5 Å². The Balaban J connectivity index is 1.94. The fourth-order valence-corrected chi connectivity index (χ4v) is 2.92. The molecule has 6 nitrogen and oxygen atoms in total. The Morgan fingerprint density at radius 2 is 2.33 bits per heavy atom. The minimum Gasteiger partial charge on any atom is -0.327 e. The lowest BCUT2D eigenvalue weighted by Crippen LogP contribution is -3.14. The summed E-state index contributed by atoms with van der Waals surface area (Å²) in [6, 6.07) is 4.04. The van der Waals surface area contributed by atoms with E-state index in [4.69, 9.17) is 11.6 Å². The topological polar surface area (TPSA) is 76.7 Å². The van der Waals surface area contributed by atoms with Gasteiger partial charge < -0.3 is 10.2 Å². The number of halogens is 1. The van der Waals surface area contributed by atoms with Crippen LogP contribution in [0.1, 0.15) is 19.8 Å². The van der Waals surface area contributed by atoms with Crippen LogP contribution in [-0.2, 0) is 4.79 Å². The summed E-state index contributed by atoms with van der Waals surface area (Å²) >= 11 is 5.96. The van der Waals surface area contributed by atoms with Gasteiger partial charge in [-0.3, -0.25) is 14.9 Å². The predicted molar refractivity (Wildman–Crippen MR) is 80.7 cm³/mol. The molecule has 0 aliphatic carbocycles. The normalized spacial score (nSPS) is 21.8. The highest BCUT2D eigenvalue weighted by molar-refractivity contribution is 6.33. The van der Waals surface area contributed by atoms with Crippen molar-refractivity contribution in [1.82, 2.24) is 0 Å². The largest absolute Gasteiger partial charge is 0.327 e. The molecule has 2 N–H and O–H groups in total. The number of nitrogens with zero attached hydrogens (tertiary/aromatic N) is 1. The van der Waals surface area contributed by atoms with Crippen LogP contribution in [-0.4, -0.2) is 30.5 Å². The van der Waals surface area contributed by atoms with Crippen LogP contribution in [0, 0.1) is 16.0 Å². The molecule has 0 aromatic heterocycles. The van der Waals surface area contributed by atoms with Gasteiger partial charge >= 0.3 is 0 Å². The van der Waals surface area contributed by atoms with Crippen molar-refractivity contribution < 1.29 is 14.6 Å². The van der Waals surface area contributed by atoms with Gasteiger partial charge in [-0.1, -0.05) is 18.5 Å². The fourth-order valence-electron chi connectivity index (χ4n) is 2.70. The molecular weight excluding hydrogens is 294 g/mol. The zero-order valence-corrected chi connectivity index (χ0v) is 12.7. The van der Waals surface area contributed by atoms with E-state index >= 15 is 0 Å². The van der Waals surface area contributed by atoms with Gasteiger partial charge in [-0.15, -0.1) is 0 Å². The second-order valence-corrected chi connectivity index (χ2v) is 6.00. The minimum atomic E-state index is -0.517. The van der Waals surface area contributed by atoms with Crippen molar-refractivity contribution in [2.75, 3.05) is 25.0 Å². The quantitative estimate of drug-likeness (QED) is 0.653. The summed E-state index contributed by atoms with van der Waals surface area (Å²) in [6.07, 6.45) is 2.36. The summed E-state index contributed by atoms with van der Waals surface area (Å²) in [5.41, 5.74) is 0.324. The molecule has 0 saturated carbocycles. The van der Waals surface area contributed by atoms with E-state index in [1.54, 1.807) is 0 Å². The first-order valence-electron chi connectivity index (χ1n) is 7.03. The molecule has 1 aromatic rings. The molecule has 2 rings (SSSR count). The van der Waals surface area contributed by atoms with Gasteiger partial charge in [-0.25, -0.2) is 0 Å². The van der Waals surface area contributed by atoms with Crippen molar-refractivity contribution in [3.63, 3.8) is 0 Å². The molecule has 1 saturated heterocycles. The van der Waals surface area contributed by atoms with Gasteiger partial charge in [0, 0.05) is 18.1 Å². The zero-order chi connectivity index (χ0) is 15.4. The second-order valence-electron chi connectivity index (χ2n) is 5.60. The Bertz CT molecular complexity index is 550. The van der Waals surface area contributed by atoms with Crippen LogP contribution in [0.15, 0.2) is 18.2 Å². The monoisotopic (exact) mass is 312 g/mol. The third-order valence-corrected chi connectivity index (χ3v) is 4.03. The second kappa shape index (κ2) is 6.87. The molecule has 7 heteroatoms. The van der Waals surface area contributed by atoms with E-state index in [1.807, 2.05) is 0 Å². The van der Waals surface area contributed by atoms with Gasteiger partial charge in [0.15, 0.2) is 6.54 Å². The average molecular weight is 313 g/mol. The molecule has 1 aliphatic rings. The van der Waals surface area contributed by atoms with Crippen LogP contribution in [0.4, 0.5) is 11.4 Å². The number of quaternary nitrogens is 1. The SMILES string of the molecule is C[C@H]1CCC[NH+](CC(=O)Nc2ccc([N+](=O)[O-])cc2Cl)C1. The lowest BCUT2D eigenvalue weighted by Gasteiger charge is -2.27. The average Bonchev–Trinajstić information content (AvgIpc) is 2.40. The maximum absolute atomic E-state index is 12.0. The van der Waals surface area contributed by atoms with Crippen molar-refractivity contribution in [1.29, 1.82) is 0 Å². The summed E-state index contributed by atoms with van der Waals surface area (Å²) in [5, 5.41) is 13.5. The molecule has 1 aliphatic heterocycles. The summed E-state index contributed by atoms with van der Waals surface area (Å²) in [7, 11) is 0. The molecule has 1 amide bonds. The van der Waals surface area contributed by atoms with Crippen molar-refractivity contribution in [3.05, 3.63) is 33.3 Å². The Hall–Kier alpha value is -1.66. The molecule has 2 atom stereocenters. The molecule has 0 bridgehead atoms. The standard InChI is InChI=1S/C14H18ClN3O3/c1-10-3-2-6-17(8-10)9-14(19)16-13-5-4-11(18(20)21)7-12(13)15/h4-5,7,10H,2-3,6,8-9H2,1H3,(H,16,19)/p+1/t10-/m0/s1. The number of rotatable bonds is 4. The van der Waals surface area contributed by atoms with Crippen molar-refractivity contribution in [2.24, 2.45) is 5.92 Å².